The Balaban J connectivity index is 2.99. The van der Waals surface area contributed by atoms with Gasteiger partial charge in [0.1, 0.15) is 5.52 Å². The lowest BCUT2D eigenvalue weighted by atomic mass is 10.2. The number of esters is 1. The third-order valence-corrected chi connectivity index (χ3v) is 2.94. The van der Waals surface area contributed by atoms with Gasteiger partial charge in [-0.25, -0.2) is 4.79 Å². The van der Waals surface area contributed by atoms with Crippen LogP contribution in [0.5, 0.6) is 0 Å². The second-order valence-electron chi connectivity index (χ2n) is 4.50. The summed E-state index contributed by atoms with van der Waals surface area (Å²) in [5, 5.41) is 12.0. The first-order valence-electron chi connectivity index (χ1n) is 6.22. The van der Waals surface area contributed by atoms with Gasteiger partial charge in [-0.3, -0.25) is 0 Å². The molecule has 0 amide bonds. The van der Waals surface area contributed by atoms with Crippen LogP contribution in [-0.4, -0.2) is 17.3 Å². The molecule has 0 unspecified atom stereocenters. The van der Waals surface area contributed by atoms with E-state index in [1.165, 1.54) is 19.1 Å². The third-order valence-electron chi connectivity index (χ3n) is 2.94. The predicted octanol–water partition coefficient (Wildman–Crippen LogP) is 2.41. The summed E-state index contributed by atoms with van der Waals surface area (Å²) in [7, 11) is 0. The molecule has 1 aromatic carbocycles. The minimum atomic E-state index is -5.19. The van der Waals surface area contributed by atoms with Crippen molar-refractivity contribution >= 4 is 17.0 Å². The minimum absolute atomic E-state index is 0.211. The largest absolute Gasteiger partial charge is 0.805 e. The van der Waals surface area contributed by atoms with Crippen LogP contribution >= 0.6 is 0 Å². The lowest BCUT2D eigenvalue weighted by Gasteiger charge is -2.20. The Morgan fingerprint density at radius 2 is 2.05 bits per heavy atom. The fourth-order valence-electron chi connectivity index (χ4n) is 2.03. The van der Waals surface area contributed by atoms with Gasteiger partial charge in [0, 0.05) is 11.0 Å². The maximum atomic E-state index is 13.1. The molecule has 0 radical (unpaired) electrons. The highest BCUT2D eigenvalue weighted by atomic mass is 19.4. The number of hydrogen-bond donors (Lipinski definition) is 0. The Kier molecular flexibility index (Phi) is 3.82. The van der Waals surface area contributed by atoms with E-state index in [0.29, 0.717) is 5.56 Å². The monoisotopic (exact) mass is 316 g/mol. The molecule has 0 N–H and O–H groups in total. The standard InChI is InChI=1S/C13H11F3N2O4/c1-3-22-12(19)10-11(13(14,15)16)18(21)8-5-4-7(2)6-9(8)17(10)20/h4-6H,3H2,1-2H3. The summed E-state index contributed by atoms with van der Waals surface area (Å²) in [6.45, 7) is 2.73. The van der Waals surface area contributed by atoms with Crippen LogP contribution in [0.2, 0.25) is 0 Å². The number of hydrogen-bond acceptors (Lipinski definition) is 4. The number of carbonyl (C=O) groups is 1. The van der Waals surface area contributed by atoms with Crippen LogP contribution in [0, 0.1) is 17.0 Å². The molecular formula is C13H11F3N2O4. The van der Waals surface area contributed by atoms with Gasteiger partial charge in [0.2, 0.25) is 5.69 Å². The van der Waals surface area contributed by atoms with Gasteiger partial charge in [-0.2, -0.15) is 13.2 Å². The average molecular weight is 316 g/mol. The molecule has 0 fully saturated rings. The Labute approximate surface area is 121 Å². The molecule has 0 saturated heterocycles. The molecule has 0 saturated carbocycles. The molecule has 0 aliphatic rings. The van der Waals surface area contributed by atoms with Crippen molar-refractivity contribution in [1.82, 2.24) is 4.73 Å². The second kappa shape index (κ2) is 5.32. The van der Waals surface area contributed by atoms with E-state index in [2.05, 4.69) is 4.74 Å². The molecule has 2 rings (SSSR count). The molecule has 6 nitrogen and oxygen atoms in total. The van der Waals surface area contributed by atoms with Crippen molar-refractivity contribution in [3.05, 3.63) is 45.3 Å². The number of carbonyl (C=O) groups excluding carboxylic acids is 1. The highest BCUT2D eigenvalue weighted by Gasteiger charge is 2.45. The second-order valence-corrected chi connectivity index (χ2v) is 4.50. The molecule has 0 aliphatic carbocycles. The number of halogens is 3. The fourth-order valence-corrected chi connectivity index (χ4v) is 2.03. The number of ether oxygens (including phenoxy) is 1. The Morgan fingerprint density at radius 1 is 1.41 bits per heavy atom. The van der Waals surface area contributed by atoms with Crippen LogP contribution in [0.15, 0.2) is 18.2 Å². The summed E-state index contributed by atoms with van der Waals surface area (Å²) in [4.78, 5) is 23.9. The molecule has 9 heteroatoms. The first-order chi connectivity index (χ1) is 10.2. The van der Waals surface area contributed by atoms with Crippen molar-refractivity contribution < 1.29 is 27.1 Å². The molecule has 1 heterocycles. The molecular weight excluding hydrogens is 305 g/mol. The molecule has 22 heavy (non-hydrogen) atoms. The van der Waals surface area contributed by atoms with Gasteiger partial charge < -0.3 is 14.7 Å². The molecule has 0 spiro atoms. The van der Waals surface area contributed by atoms with Crippen LogP contribution in [0.1, 0.15) is 28.7 Å². The summed E-state index contributed by atoms with van der Waals surface area (Å²) in [5.74, 6) is -1.50. The van der Waals surface area contributed by atoms with E-state index in [1.807, 2.05) is 0 Å². The summed E-state index contributed by atoms with van der Waals surface area (Å²) in [5.41, 5.74) is -3.54. The minimum Gasteiger partial charge on any atom is -0.805 e. The van der Waals surface area contributed by atoms with E-state index in [-0.39, 0.29) is 16.6 Å². The van der Waals surface area contributed by atoms with Crippen LogP contribution in [0.3, 0.4) is 0 Å². The number of fused-ring (bicyclic) bond motifs is 1. The topological polar surface area (TPSA) is 77.3 Å². The van der Waals surface area contributed by atoms with Gasteiger partial charge in [0.25, 0.3) is 5.52 Å². The molecule has 1 aromatic heterocycles. The summed E-state index contributed by atoms with van der Waals surface area (Å²) in [6, 6.07) is 3.71. The molecule has 0 bridgehead atoms. The van der Waals surface area contributed by atoms with E-state index in [0.717, 1.165) is 6.07 Å². The van der Waals surface area contributed by atoms with Crippen molar-refractivity contribution in [2.24, 2.45) is 0 Å². The van der Waals surface area contributed by atoms with Gasteiger partial charge in [-0.1, -0.05) is 6.07 Å². The number of aryl methyl sites for hydroxylation is 1. The zero-order chi connectivity index (χ0) is 16.7. The lowest BCUT2D eigenvalue weighted by molar-refractivity contribution is -0.471. The van der Waals surface area contributed by atoms with Gasteiger partial charge in [-0.15, -0.1) is 0 Å². The van der Waals surface area contributed by atoms with Crippen molar-refractivity contribution in [1.29, 1.82) is 0 Å². The van der Waals surface area contributed by atoms with Crippen LogP contribution in [-0.2, 0) is 10.9 Å². The van der Waals surface area contributed by atoms with E-state index >= 15 is 0 Å². The highest BCUT2D eigenvalue weighted by molar-refractivity contribution is 5.89. The molecule has 118 valence electrons. The Morgan fingerprint density at radius 3 is 2.59 bits per heavy atom. The summed E-state index contributed by atoms with van der Waals surface area (Å²) in [6.07, 6.45) is -5.19. The van der Waals surface area contributed by atoms with Crippen LogP contribution in [0.4, 0.5) is 13.2 Å². The maximum absolute atomic E-state index is 13.1. The van der Waals surface area contributed by atoms with E-state index in [1.54, 1.807) is 6.92 Å². The molecule has 0 aliphatic heterocycles. The van der Waals surface area contributed by atoms with Gasteiger partial charge in [-0.05, 0) is 25.5 Å². The Bertz CT molecular complexity index is 812. The van der Waals surface area contributed by atoms with Crippen molar-refractivity contribution in [2.75, 3.05) is 6.61 Å². The molecule has 0 atom stereocenters. The zero-order valence-electron chi connectivity index (χ0n) is 11.6. The SMILES string of the molecule is CCOC(=O)c1c(C(F)(F)F)n([O-])c2ccc(C)cc2[n+]1=O. The van der Waals surface area contributed by atoms with Gasteiger partial charge >= 0.3 is 17.8 Å². The average Bonchev–Trinajstić information content (AvgIpc) is 2.41. The smallest absolute Gasteiger partial charge is 0.438 e. The summed E-state index contributed by atoms with van der Waals surface area (Å²) >= 11 is 0. The van der Waals surface area contributed by atoms with E-state index in [9.17, 15) is 28.1 Å². The lowest BCUT2D eigenvalue weighted by Crippen LogP contribution is -2.35. The first-order valence-corrected chi connectivity index (χ1v) is 6.22. The maximum Gasteiger partial charge on any atom is 0.438 e. The number of alkyl halides is 3. The highest BCUT2D eigenvalue weighted by Crippen LogP contribution is 2.32. The third kappa shape index (κ3) is 2.49. The summed E-state index contributed by atoms with van der Waals surface area (Å²) < 4.78 is 43.1. The fraction of sp³-hybridized carbons (Fsp3) is 0.308. The number of aromatic nitrogens is 2. The molecule has 2 aromatic rings. The number of nitrogens with zero attached hydrogens (tertiary/aromatic N) is 2. The number of benzene rings is 1. The van der Waals surface area contributed by atoms with Gasteiger partial charge in [0.05, 0.1) is 11.0 Å². The van der Waals surface area contributed by atoms with Crippen molar-refractivity contribution in [3.8, 4) is 0 Å². The number of rotatable bonds is 2. The first kappa shape index (κ1) is 15.8. The normalized spacial score (nSPS) is 11.7. The quantitative estimate of drug-likeness (QED) is 0.629. The predicted molar refractivity (Wildman–Crippen MR) is 69.8 cm³/mol. The van der Waals surface area contributed by atoms with Crippen molar-refractivity contribution in [3.63, 3.8) is 0 Å². The van der Waals surface area contributed by atoms with E-state index < -0.39 is 33.8 Å². The van der Waals surface area contributed by atoms with Crippen LogP contribution in [0.25, 0.3) is 11.0 Å². The van der Waals surface area contributed by atoms with E-state index in [4.69, 9.17) is 0 Å². The van der Waals surface area contributed by atoms with Crippen LogP contribution < -0.4 is 4.43 Å². The Hall–Kier alpha value is -2.58. The van der Waals surface area contributed by atoms with Gasteiger partial charge in [0.15, 0.2) is 0 Å². The van der Waals surface area contributed by atoms with Crippen molar-refractivity contribution in [2.45, 2.75) is 20.0 Å². The zero-order valence-corrected chi connectivity index (χ0v) is 11.6.